The molecule has 0 saturated carbocycles. The van der Waals surface area contributed by atoms with Crippen LogP contribution in [0.15, 0.2) is 24.3 Å². The van der Waals surface area contributed by atoms with E-state index in [9.17, 15) is 9.59 Å². The van der Waals surface area contributed by atoms with Gasteiger partial charge in [-0.2, -0.15) is 0 Å². The summed E-state index contributed by atoms with van der Waals surface area (Å²) in [7, 11) is 3.89. The Bertz CT molecular complexity index is 471. The number of rotatable bonds is 3. The third kappa shape index (κ3) is 3.45. The summed E-state index contributed by atoms with van der Waals surface area (Å²) in [5, 5.41) is 5.33. The van der Waals surface area contributed by atoms with E-state index in [-0.39, 0.29) is 25.0 Å². The van der Waals surface area contributed by atoms with Crippen LogP contribution in [0.1, 0.15) is 0 Å². The van der Waals surface area contributed by atoms with Crippen molar-refractivity contribution < 1.29 is 14.3 Å². The molecule has 6 nitrogen and oxygen atoms in total. The predicted octanol–water partition coefficient (Wildman–Crippen LogP) is 0.206. The van der Waals surface area contributed by atoms with Gasteiger partial charge in [0.1, 0.15) is 12.6 Å². The number of hydrogen-bond donors (Lipinski definition) is 2. The standard InChI is InChI=1S/C13H17N3O3/c1-16(2)10-5-3-9(4-6-10)14-13(18)11-7-19-8-12(17)15-11/h3-6,11H,7-8H2,1-2H3,(H,14,18)(H,15,17). The van der Waals surface area contributed by atoms with E-state index in [2.05, 4.69) is 10.6 Å². The third-order valence-corrected chi connectivity index (χ3v) is 2.82. The molecule has 2 rings (SSSR count). The molecule has 1 aromatic carbocycles. The quantitative estimate of drug-likeness (QED) is 0.817. The molecule has 6 heteroatoms. The summed E-state index contributed by atoms with van der Waals surface area (Å²) < 4.78 is 5.02. The van der Waals surface area contributed by atoms with Crippen molar-refractivity contribution in [3.05, 3.63) is 24.3 Å². The molecule has 1 aromatic rings. The normalized spacial score (nSPS) is 18.6. The number of hydrogen-bond acceptors (Lipinski definition) is 4. The number of benzene rings is 1. The van der Waals surface area contributed by atoms with Crippen LogP contribution in [0.5, 0.6) is 0 Å². The first-order valence-corrected chi connectivity index (χ1v) is 6.01. The molecule has 2 N–H and O–H groups in total. The van der Waals surface area contributed by atoms with Crippen molar-refractivity contribution in [1.82, 2.24) is 5.32 Å². The monoisotopic (exact) mass is 263 g/mol. The summed E-state index contributed by atoms with van der Waals surface area (Å²) in [5.74, 6) is -0.542. The highest BCUT2D eigenvalue weighted by molar-refractivity contribution is 5.98. The first-order chi connectivity index (χ1) is 9.06. The highest BCUT2D eigenvalue weighted by Gasteiger charge is 2.25. The fourth-order valence-electron chi connectivity index (χ4n) is 1.76. The van der Waals surface area contributed by atoms with Gasteiger partial charge in [0.25, 0.3) is 0 Å². The number of nitrogens with zero attached hydrogens (tertiary/aromatic N) is 1. The van der Waals surface area contributed by atoms with Crippen molar-refractivity contribution in [2.24, 2.45) is 0 Å². The fraction of sp³-hybridized carbons (Fsp3) is 0.385. The summed E-state index contributed by atoms with van der Waals surface area (Å²) in [6, 6.07) is 6.82. The lowest BCUT2D eigenvalue weighted by Crippen LogP contribution is -2.51. The lowest BCUT2D eigenvalue weighted by molar-refractivity contribution is -0.136. The maximum Gasteiger partial charge on any atom is 0.249 e. The molecular formula is C13H17N3O3. The molecule has 102 valence electrons. The zero-order valence-electron chi connectivity index (χ0n) is 11.0. The first-order valence-electron chi connectivity index (χ1n) is 6.01. The third-order valence-electron chi connectivity index (χ3n) is 2.82. The van der Waals surface area contributed by atoms with Crippen molar-refractivity contribution >= 4 is 23.2 Å². The van der Waals surface area contributed by atoms with Crippen LogP contribution < -0.4 is 15.5 Å². The van der Waals surface area contributed by atoms with Crippen LogP contribution in [0.2, 0.25) is 0 Å². The maximum atomic E-state index is 11.9. The van der Waals surface area contributed by atoms with Crippen LogP contribution in [0.25, 0.3) is 0 Å². The SMILES string of the molecule is CN(C)c1ccc(NC(=O)C2COCC(=O)N2)cc1. The van der Waals surface area contributed by atoms with Crippen LogP contribution in [-0.2, 0) is 14.3 Å². The minimum absolute atomic E-state index is 0.0152. The molecule has 1 atom stereocenters. The second-order valence-electron chi connectivity index (χ2n) is 4.57. The van der Waals surface area contributed by atoms with E-state index in [1.807, 2.05) is 43.3 Å². The van der Waals surface area contributed by atoms with Gasteiger partial charge < -0.3 is 20.3 Å². The lowest BCUT2D eigenvalue weighted by atomic mass is 10.2. The average molecular weight is 263 g/mol. The van der Waals surface area contributed by atoms with Crippen LogP contribution in [0.4, 0.5) is 11.4 Å². The second kappa shape index (κ2) is 5.71. The molecule has 1 heterocycles. The molecule has 0 bridgehead atoms. The summed E-state index contributed by atoms with van der Waals surface area (Å²) >= 11 is 0. The van der Waals surface area contributed by atoms with E-state index >= 15 is 0 Å². The Morgan fingerprint density at radius 1 is 1.37 bits per heavy atom. The molecule has 1 fully saturated rings. The molecule has 0 radical (unpaired) electrons. The second-order valence-corrected chi connectivity index (χ2v) is 4.57. The average Bonchev–Trinajstić information content (AvgIpc) is 2.39. The van der Waals surface area contributed by atoms with Gasteiger partial charge in [-0.25, -0.2) is 0 Å². The Balaban J connectivity index is 1.96. The number of carbonyl (C=O) groups is 2. The lowest BCUT2D eigenvalue weighted by Gasteiger charge is -2.22. The molecule has 1 unspecified atom stereocenters. The molecule has 1 aliphatic heterocycles. The summed E-state index contributed by atoms with van der Waals surface area (Å²) in [6.45, 7) is 0.217. The smallest absolute Gasteiger partial charge is 0.249 e. The molecule has 0 aromatic heterocycles. The van der Waals surface area contributed by atoms with Crippen LogP contribution in [-0.4, -0.2) is 45.2 Å². The number of carbonyl (C=O) groups excluding carboxylic acids is 2. The van der Waals surface area contributed by atoms with E-state index in [0.29, 0.717) is 5.69 Å². The van der Waals surface area contributed by atoms with Gasteiger partial charge in [-0.15, -0.1) is 0 Å². The molecular weight excluding hydrogens is 246 g/mol. The van der Waals surface area contributed by atoms with Gasteiger partial charge in [0, 0.05) is 25.5 Å². The van der Waals surface area contributed by atoms with Gasteiger partial charge in [-0.1, -0.05) is 0 Å². The Kier molecular flexibility index (Phi) is 4.01. The maximum absolute atomic E-state index is 11.9. The Labute approximate surface area is 111 Å². The van der Waals surface area contributed by atoms with Gasteiger partial charge in [0.15, 0.2) is 0 Å². The van der Waals surface area contributed by atoms with Crippen molar-refractivity contribution in [2.45, 2.75) is 6.04 Å². The van der Waals surface area contributed by atoms with Gasteiger partial charge in [-0.05, 0) is 24.3 Å². The highest BCUT2D eigenvalue weighted by Crippen LogP contribution is 2.15. The van der Waals surface area contributed by atoms with E-state index in [1.165, 1.54) is 0 Å². The molecule has 1 aliphatic rings. The number of ether oxygens (including phenoxy) is 1. The topological polar surface area (TPSA) is 70.7 Å². The van der Waals surface area contributed by atoms with Gasteiger partial charge in [-0.3, -0.25) is 9.59 Å². The van der Waals surface area contributed by atoms with Crippen molar-refractivity contribution in [2.75, 3.05) is 37.5 Å². The first kappa shape index (κ1) is 13.4. The van der Waals surface area contributed by atoms with Crippen molar-refractivity contribution in [3.8, 4) is 0 Å². The minimum atomic E-state index is -0.630. The molecule has 0 aliphatic carbocycles. The molecule has 19 heavy (non-hydrogen) atoms. The Morgan fingerprint density at radius 3 is 2.63 bits per heavy atom. The van der Waals surface area contributed by atoms with Crippen molar-refractivity contribution in [3.63, 3.8) is 0 Å². The van der Waals surface area contributed by atoms with E-state index in [1.54, 1.807) is 0 Å². The zero-order chi connectivity index (χ0) is 13.8. The van der Waals surface area contributed by atoms with Crippen molar-refractivity contribution in [1.29, 1.82) is 0 Å². The Hall–Kier alpha value is -2.08. The molecule has 1 saturated heterocycles. The number of anilines is 2. The molecule has 0 spiro atoms. The van der Waals surface area contributed by atoms with Crippen LogP contribution >= 0.6 is 0 Å². The van der Waals surface area contributed by atoms with E-state index in [0.717, 1.165) is 5.69 Å². The predicted molar refractivity (Wildman–Crippen MR) is 72.1 cm³/mol. The number of amides is 2. The Morgan fingerprint density at radius 2 is 2.05 bits per heavy atom. The van der Waals surface area contributed by atoms with Gasteiger partial charge in [0.2, 0.25) is 11.8 Å². The van der Waals surface area contributed by atoms with Gasteiger partial charge >= 0.3 is 0 Å². The fourth-order valence-corrected chi connectivity index (χ4v) is 1.76. The highest BCUT2D eigenvalue weighted by atomic mass is 16.5. The summed E-state index contributed by atoms with van der Waals surface area (Å²) in [6.07, 6.45) is 0. The van der Waals surface area contributed by atoms with Crippen LogP contribution in [0, 0.1) is 0 Å². The summed E-state index contributed by atoms with van der Waals surface area (Å²) in [5.41, 5.74) is 1.74. The van der Waals surface area contributed by atoms with Gasteiger partial charge in [0.05, 0.1) is 6.61 Å². The minimum Gasteiger partial charge on any atom is -0.378 e. The zero-order valence-corrected chi connectivity index (χ0v) is 11.0. The van der Waals surface area contributed by atoms with E-state index in [4.69, 9.17) is 4.74 Å². The molecule has 2 amide bonds. The number of morpholine rings is 1. The number of nitrogens with one attached hydrogen (secondary N) is 2. The largest absolute Gasteiger partial charge is 0.378 e. The van der Waals surface area contributed by atoms with E-state index < -0.39 is 6.04 Å². The van der Waals surface area contributed by atoms with Crippen LogP contribution in [0.3, 0.4) is 0 Å². The summed E-state index contributed by atoms with van der Waals surface area (Å²) in [4.78, 5) is 25.0.